The number of nitrogens with zero attached hydrogens (tertiary/aromatic N) is 1. The SMILES string of the molecule is COc1cccc(-c2nc(-c3cccc(C)c3)sc2C(=O)O)c1. The van der Waals surface area contributed by atoms with Crippen molar-refractivity contribution in [2.75, 3.05) is 7.11 Å². The fourth-order valence-corrected chi connectivity index (χ4v) is 3.26. The smallest absolute Gasteiger partial charge is 0.348 e. The van der Waals surface area contributed by atoms with Crippen LogP contribution in [0.1, 0.15) is 15.2 Å². The lowest BCUT2D eigenvalue weighted by molar-refractivity contribution is 0.0702. The average molecular weight is 325 g/mol. The van der Waals surface area contributed by atoms with Gasteiger partial charge in [-0.15, -0.1) is 11.3 Å². The molecule has 0 radical (unpaired) electrons. The van der Waals surface area contributed by atoms with Crippen LogP contribution in [-0.2, 0) is 0 Å². The molecule has 0 spiro atoms. The van der Waals surface area contributed by atoms with Crippen LogP contribution < -0.4 is 4.74 Å². The molecule has 0 aliphatic heterocycles. The van der Waals surface area contributed by atoms with Crippen LogP contribution in [0.2, 0.25) is 0 Å². The van der Waals surface area contributed by atoms with Gasteiger partial charge in [0.25, 0.3) is 0 Å². The van der Waals surface area contributed by atoms with E-state index < -0.39 is 5.97 Å². The van der Waals surface area contributed by atoms with Gasteiger partial charge in [0.1, 0.15) is 15.6 Å². The first kappa shape index (κ1) is 15.2. The summed E-state index contributed by atoms with van der Waals surface area (Å²) < 4.78 is 5.21. The minimum atomic E-state index is -0.973. The first-order chi connectivity index (χ1) is 11.1. The molecule has 0 saturated carbocycles. The number of ether oxygens (including phenoxy) is 1. The molecule has 0 bridgehead atoms. The highest BCUT2D eigenvalue weighted by atomic mass is 32.1. The second-order valence-electron chi connectivity index (χ2n) is 5.10. The Labute approximate surface area is 138 Å². The number of carboxylic acids is 1. The molecule has 2 aromatic carbocycles. The number of aromatic carboxylic acids is 1. The molecule has 0 aliphatic carbocycles. The van der Waals surface area contributed by atoms with Gasteiger partial charge in [-0.3, -0.25) is 0 Å². The summed E-state index contributed by atoms with van der Waals surface area (Å²) in [6, 6.07) is 15.2. The van der Waals surface area contributed by atoms with Gasteiger partial charge in [0, 0.05) is 11.1 Å². The van der Waals surface area contributed by atoms with E-state index in [2.05, 4.69) is 4.98 Å². The number of carbonyl (C=O) groups is 1. The minimum Gasteiger partial charge on any atom is -0.497 e. The molecule has 3 aromatic rings. The molecule has 0 aliphatic rings. The number of hydrogen-bond donors (Lipinski definition) is 1. The van der Waals surface area contributed by atoms with E-state index in [-0.39, 0.29) is 4.88 Å². The van der Waals surface area contributed by atoms with E-state index in [1.807, 2.05) is 49.4 Å². The van der Waals surface area contributed by atoms with Crippen LogP contribution in [0.15, 0.2) is 48.5 Å². The van der Waals surface area contributed by atoms with Crippen molar-refractivity contribution in [1.29, 1.82) is 0 Å². The van der Waals surface area contributed by atoms with Crippen molar-refractivity contribution in [3.8, 4) is 27.6 Å². The van der Waals surface area contributed by atoms with Gasteiger partial charge in [0.15, 0.2) is 0 Å². The Morgan fingerprint density at radius 1 is 1.13 bits per heavy atom. The maximum absolute atomic E-state index is 11.6. The number of carboxylic acid groups (broad SMARTS) is 1. The van der Waals surface area contributed by atoms with Crippen LogP contribution in [0.3, 0.4) is 0 Å². The number of rotatable bonds is 4. The fourth-order valence-electron chi connectivity index (χ4n) is 2.33. The summed E-state index contributed by atoms with van der Waals surface area (Å²) in [5.74, 6) is -0.303. The highest BCUT2D eigenvalue weighted by molar-refractivity contribution is 7.17. The van der Waals surface area contributed by atoms with Gasteiger partial charge in [-0.1, -0.05) is 35.9 Å². The van der Waals surface area contributed by atoms with Crippen molar-refractivity contribution >= 4 is 17.3 Å². The Bertz CT molecular complexity index is 870. The summed E-state index contributed by atoms with van der Waals surface area (Å²) in [7, 11) is 1.58. The number of aromatic nitrogens is 1. The summed E-state index contributed by atoms with van der Waals surface area (Å²) >= 11 is 1.19. The third kappa shape index (κ3) is 3.10. The Morgan fingerprint density at radius 3 is 2.57 bits per heavy atom. The number of benzene rings is 2. The maximum atomic E-state index is 11.6. The highest BCUT2D eigenvalue weighted by Crippen LogP contribution is 2.35. The molecule has 0 unspecified atom stereocenters. The van der Waals surface area contributed by atoms with Gasteiger partial charge in [-0.25, -0.2) is 9.78 Å². The lowest BCUT2D eigenvalue weighted by atomic mass is 10.1. The molecule has 23 heavy (non-hydrogen) atoms. The lowest BCUT2D eigenvalue weighted by Crippen LogP contribution is -1.95. The van der Waals surface area contributed by atoms with E-state index in [4.69, 9.17) is 4.74 Å². The van der Waals surface area contributed by atoms with Gasteiger partial charge in [-0.05, 0) is 25.1 Å². The summed E-state index contributed by atoms with van der Waals surface area (Å²) in [5.41, 5.74) is 3.24. The molecule has 1 N–H and O–H groups in total. The van der Waals surface area contributed by atoms with Crippen molar-refractivity contribution in [3.63, 3.8) is 0 Å². The topological polar surface area (TPSA) is 59.4 Å². The first-order valence-corrected chi connectivity index (χ1v) is 7.85. The quantitative estimate of drug-likeness (QED) is 0.767. The van der Waals surface area contributed by atoms with E-state index in [0.29, 0.717) is 16.5 Å². The Hall–Kier alpha value is -2.66. The van der Waals surface area contributed by atoms with Crippen LogP contribution in [0.25, 0.3) is 21.8 Å². The van der Waals surface area contributed by atoms with Gasteiger partial charge in [0.05, 0.1) is 12.8 Å². The maximum Gasteiger partial charge on any atom is 0.348 e. The first-order valence-electron chi connectivity index (χ1n) is 7.04. The Kier molecular flexibility index (Phi) is 4.12. The highest BCUT2D eigenvalue weighted by Gasteiger charge is 2.20. The molecule has 0 amide bonds. The van der Waals surface area contributed by atoms with Gasteiger partial charge in [-0.2, -0.15) is 0 Å². The Morgan fingerprint density at radius 2 is 1.87 bits per heavy atom. The number of thiazole rings is 1. The predicted octanol–water partition coefficient (Wildman–Crippen LogP) is 4.49. The second-order valence-corrected chi connectivity index (χ2v) is 6.10. The second kappa shape index (κ2) is 6.22. The average Bonchev–Trinajstić information content (AvgIpc) is 3.00. The summed E-state index contributed by atoms with van der Waals surface area (Å²) in [5, 5.41) is 10.2. The van der Waals surface area contributed by atoms with Crippen LogP contribution in [-0.4, -0.2) is 23.2 Å². The van der Waals surface area contributed by atoms with Crippen molar-refractivity contribution in [2.24, 2.45) is 0 Å². The molecule has 0 fully saturated rings. The van der Waals surface area contributed by atoms with E-state index in [0.717, 1.165) is 16.7 Å². The summed E-state index contributed by atoms with van der Waals surface area (Å²) in [6.07, 6.45) is 0. The molecule has 116 valence electrons. The third-order valence-electron chi connectivity index (χ3n) is 3.43. The van der Waals surface area contributed by atoms with E-state index in [1.54, 1.807) is 13.2 Å². The molecule has 1 heterocycles. The van der Waals surface area contributed by atoms with E-state index in [1.165, 1.54) is 11.3 Å². The van der Waals surface area contributed by atoms with Gasteiger partial charge >= 0.3 is 5.97 Å². The molecule has 4 nitrogen and oxygen atoms in total. The normalized spacial score (nSPS) is 10.5. The molecule has 0 saturated heterocycles. The molecule has 1 aromatic heterocycles. The number of methoxy groups -OCH3 is 1. The van der Waals surface area contributed by atoms with Gasteiger partial charge in [0.2, 0.25) is 0 Å². The summed E-state index contributed by atoms with van der Waals surface area (Å²) in [4.78, 5) is 16.4. The lowest BCUT2D eigenvalue weighted by Gasteiger charge is -2.03. The molecule has 3 rings (SSSR count). The standard InChI is InChI=1S/C18H15NO3S/c1-11-5-3-7-13(9-11)17-19-15(16(23-17)18(20)21)12-6-4-8-14(10-12)22-2/h3-10H,1-2H3,(H,20,21). The monoisotopic (exact) mass is 325 g/mol. The molecule has 5 heteroatoms. The van der Waals surface area contributed by atoms with Crippen LogP contribution in [0.5, 0.6) is 5.75 Å². The zero-order chi connectivity index (χ0) is 16.4. The van der Waals surface area contributed by atoms with Crippen molar-refractivity contribution < 1.29 is 14.6 Å². The summed E-state index contributed by atoms with van der Waals surface area (Å²) in [6.45, 7) is 2.00. The van der Waals surface area contributed by atoms with Gasteiger partial charge < -0.3 is 9.84 Å². The van der Waals surface area contributed by atoms with Crippen molar-refractivity contribution in [3.05, 3.63) is 59.0 Å². The number of aryl methyl sites for hydroxylation is 1. The molecular weight excluding hydrogens is 310 g/mol. The zero-order valence-corrected chi connectivity index (χ0v) is 13.6. The molecule has 0 atom stereocenters. The zero-order valence-electron chi connectivity index (χ0n) is 12.7. The van der Waals surface area contributed by atoms with E-state index in [9.17, 15) is 9.90 Å². The third-order valence-corrected chi connectivity index (χ3v) is 4.52. The minimum absolute atomic E-state index is 0.231. The van der Waals surface area contributed by atoms with Crippen LogP contribution >= 0.6 is 11.3 Å². The van der Waals surface area contributed by atoms with E-state index >= 15 is 0 Å². The van der Waals surface area contributed by atoms with Crippen molar-refractivity contribution in [1.82, 2.24) is 4.98 Å². The number of hydrogen-bond acceptors (Lipinski definition) is 4. The molecular formula is C18H15NO3S. The largest absolute Gasteiger partial charge is 0.497 e. The van der Waals surface area contributed by atoms with Crippen LogP contribution in [0, 0.1) is 6.92 Å². The van der Waals surface area contributed by atoms with Crippen molar-refractivity contribution in [2.45, 2.75) is 6.92 Å². The Balaban J connectivity index is 2.14. The fraction of sp³-hybridized carbons (Fsp3) is 0.111. The predicted molar refractivity (Wildman–Crippen MR) is 91.2 cm³/mol. The van der Waals surface area contributed by atoms with Crippen LogP contribution in [0.4, 0.5) is 0 Å².